The van der Waals surface area contributed by atoms with Gasteiger partial charge < -0.3 is 9.84 Å². The lowest BCUT2D eigenvalue weighted by atomic mass is 10.1. The number of rotatable bonds is 8. The highest BCUT2D eigenvalue weighted by molar-refractivity contribution is 8.26. The van der Waals surface area contributed by atoms with Crippen LogP contribution in [0.4, 0.5) is 0 Å². The molecule has 1 fully saturated rings. The maximum absolute atomic E-state index is 12.3. The molecule has 1 saturated heterocycles. The summed E-state index contributed by atoms with van der Waals surface area (Å²) in [7, 11) is 0. The van der Waals surface area contributed by atoms with E-state index in [1.165, 1.54) is 5.57 Å². The first-order valence-electron chi connectivity index (χ1n) is 9.42. The van der Waals surface area contributed by atoms with Crippen molar-refractivity contribution in [3.05, 3.63) is 82.8 Å². The van der Waals surface area contributed by atoms with Gasteiger partial charge in [0.1, 0.15) is 16.6 Å². The van der Waals surface area contributed by atoms with Gasteiger partial charge in [-0.2, -0.15) is 0 Å². The minimum Gasteiger partial charge on any atom is -0.493 e. The quantitative estimate of drug-likeness (QED) is 0.359. The van der Waals surface area contributed by atoms with Crippen molar-refractivity contribution in [1.82, 2.24) is 4.90 Å². The molecule has 1 aliphatic heterocycles. The molecule has 1 aliphatic carbocycles. The van der Waals surface area contributed by atoms with Crippen molar-refractivity contribution in [2.24, 2.45) is 0 Å². The summed E-state index contributed by atoms with van der Waals surface area (Å²) in [5, 5.41) is 8.89. The summed E-state index contributed by atoms with van der Waals surface area (Å²) in [6.07, 6.45) is 18.0. The molecule has 7 heteroatoms. The van der Waals surface area contributed by atoms with Crippen LogP contribution in [-0.2, 0) is 9.59 Å². The van der Waals surface area contributed by atoms with Crippen molar-refractivity contribution in [1.29, 1.82) is 0 Å². The molecule has 30 heavy (non-hydrogen) atoms. The molecule has 3 rings (SSSR count). The van der Waals surface area contributed by atoms with Crippen LogP contribution < -0.4 is 4.74 Å². The second-order valence-electron chi connectivity index (χ2n) is 6.53. The van der Waals surface area contributed by atoms with Gasteiger partial charge in [0.15, 0.2) is 0 Å². The molecule has 1 aromatic rings. The van der Waals surface area contributed by atoms with Crippen molar-refractivity contribution in [3.63, 3.8) is 0 Å². The van der Waals surface area contributed by atoms with Crippen molar-refractivity contribution in [3.8, 4) is 5.75 Å². The molecule has 1 N–H and O–H groups in total. The van der Waals surface area contributed by atoms with E-state index in [1.807, 2.05) is 42.5 Å². The summed E-state index contributed by atoms with van der Waals surface area (Å²) in [6, 6.07) is 7.38. The summed E-state index contributed by atoms with van der Waals surface area (Å²) in [6.45, 7) is 0.149. The van der Waals surface area contributed by atoms with Crippen molar-refractivity contribution in [2.45, 2.75) is 12.8 Å². The maximum atomic E-state index is 12.3. The van der Waals surface area contributed by atoms with Gasteiger partial charge in [-0.05, 0) is 42.2 Å². The Hall–Kier alpha value is -2.90. The highest BCUT2D eigenvalue weighted by atomic mass is 32.2. The molecule has 154 valence electrons. The lowest BCUT2D eigenvalue weighted by Crippen LogP contribution is -2.33. The van der Waals surface area contributed by atoms with Crippen LogP contribution in [0.25, 0.3) is 6.08 Å². The average molecular weight is 440 g/mol. The smallest absolute Gasteiger partial charge is 0.323 e. The molecular formula is C23H21NO4S2. The number of hydrogen-bond acceptors (Lipinski definition) is 5. The van der Waals surface area contributed by atoms with Crippen molar-refractivity contribution >= 4 is 46.3 Å². The predicted molar refractivity (Wildman–Crippen MR) is 124 cm³/mol. The number of allylic oxidation sites excluding steroid dienone is 7. The van der Waals surface area contributed by atoms with E-state index in [0.29, 0.717) is 11.5 Å². The number of nitrogens with zero attached hydrogens (tertiary/aromatic N) is 1. The number of carbonyl (C=O) groups excluding carboxylic acids is 1. The Kier molecular flexibility index (Phi) is 7.82. The third-order valence-electron chi connectivity index (χ3n) is 4.26. The number of thiocarbonyl (C=S) groups is 1. The fourth-order valence-electron chi connectivity index (χ4n) is 2.77. The van der Waals surface area contributed by atoms with E-state index in [1.54, 1.807) is 6.08 Å². The van der Waals surface area contributed by atoms with Gasteiger partial charge in [-0.1, -0.05) is 78.6 Å². The number of carbonyl (C=O) groups is 2. The first-order valence-corrected chi connectivity index (χ1v) is 10.6. The van der Waals surface area contributed by atoms with Gasteiger partial charge in [0.25, 0.3) is 5.91 Å². The van der Waals surface area contributed by atoms with Crippen LogP contribution in [-0.4, -0.2) is 39.4 Å². The molecule has 0 radical (unpaired) electrons. The maximum Gasteiger partial charge on any atom is 0.323 e. The average Bonchev–Trinajstić information content (AvgIpc) is 2.99. The summed E-state index contributed by atoms with van der Waals surface area (Å²) in [4.78, 5) is 24.7. The lowest BCUT2D eigenvalue weighted by Gasteiger charge is -2.10. The molecule has 0 saturated carbocycles. The normalized spacial score (nSPS) is 18.9. The van der Waals surface area contributed by atoms with Gasteiger partial charge in [0.2, 0.25) is 0 Å². The van der Waals surface area contributed by atoms with E-state index >= 15 is 0 Å². The first kappa shape index (κ1) is 21.8. The van der Waals surface area contributed by atoms with Crippen LogP contribution >= 0.6 is 24.0 Å². The molecule has 1 aromatic carbocycles. The Morgan fingerprint density at radius 2 is 2.07 bits per heavy atom. The summed E-state index contributed by atoms with van der Waals surface area (Å²) in [5.41, 5.74) is 2.10. The lowest BCUT2D eigenvalue weighted by molar-refractivity contribution is -0.140. The fraction of sp³-hybridized carbons (Fsp3) is 0.174. The molecule has 0 atom stereocenters. The number of aliphatic carboxylic acids is 1. The largest absolute Gasteiger partial charge is 0.493 e. The molecule has 0 bridgehead atoms. The monoisotopic (exact) mass is 439 g/mol. The van der Waals surface area contributed by atoms with Gasteiger partial charge in [-0.3, -0.25) is 14.5 Å². The van der Waals surface area contributed by atoms with E-state index in [9.17, 15) is 9.59 Å². The van der Waals surface area contributed by atoms with Crippen LogP contribution in [0.5, 0.6) is 5.75 Å². The minimum atomic E-state index is -1.09. The third kappa shape index (κ3) is 6.30. The standard InChI is InChI=1S/C23H21NO4S2/c25-21(26)16-24-22(27)20(30-23(24)29)15-18-10-12-19(13-11-18)28-14-6-2-5-9-17-7-3-1-4-8-17/h1-5,7,9-13,15H,6,8,14,16H2,(H,25,26)/b5-2-,17-9-,20-15+. The summed E-state index contributed by atoms with van der Waals surface area (Å²) in [5.74, 6) is -0.726. The molecule has 5 nitrogen and oxygen atoms in total. The number of ether oxygens (including phenoxy) is 1. The van der Waals surface area contributed by atoms with Crippen LogP contribution in [0.1, 0.15) is 18.4 Å². The molecule has 2 aliphatic rings. The zero-order valence-corrected chi connectivity index (χ0v) is 17.8. The SMILES string of the molecule is O=C(O)CN1C(=O)/C(=C\c2ccc(OCC/C=C\C=C3\C=CC=CC3)cc2)SC1=S. The number of amides is 1. The van der Waals surface area contributed by atoms with Gasteiger partial charge in [0.05, 0.1) is 11.5 Å². The summed E-state index contributed by atoms with van der Waals surface area (Å²) < 4.78 is 6.00. The fourth-order valence-corrected chi connectivity index (χ4v) is 4.02. The van der Waals surface area contributed by atoms with Gasteiger partial charge in [-0.25, -0.2) is 0 Å². The van der Waals surface area contributed by atoms with Crippen LogP contribution in [0.2, 0.25) is 0 Å². The van der Waals surface area contributed by atoms with Crippen LogP contribution in [0.3, 0.4) is 0 Å². The molecule has 1 heterocycles. The Morgan fingerprint density at radius 3 is 2.77 bits per heavy atom. The van der Waals surface area contributed by atoms with Gasteiger partial charge in [0, 0.05) is 0 Å². The van der Waals surface area contributed by atoms with E-state index in [4.69, 9.17) is 22.1 Å². The van der Waals surface area contributed by atoms with E-state index in [-0.39, 0.29) is 10.2 Å². The second-order valence-corrected chi connectivity index (χ2v) is 8.20. The van der Waals surface area contributed by atoms with E-state index in [2.05, 4.69) is 24.3 Å². The predicted octanol–water partition coefficient (Wildman–Crippen LogP) is 4.74. The van der Waals surface area contributed by atoms with Crippen LogP contribution in [0.15, 0.2) is 77.3 Å². The molecule has 0 spiro atoms. The summed E-state index contributed by atoms with van der Waals surface area (Å²) >= 11 is 6.20. The first-order chi connectivity index (χ1) is 14.5. The molecule has 0 aromatic heterocycles. The van der Waals surface area contributed by atoms with E-state index < -0.39 is 12.5 Å². The number of carboxylic acids is 1. The third-order valence-corrected chi connectivity index (χ3v) is 5.63. The minimum absolute atomic E-state index is 0.258. The molecule has 1 amide bonds. The Balaban J connectivity index is 1.48. The highest BCUT2D eigenvalue weighted by Gasteiger charge is 2.33. The topological polar surface area (TPSA) is 66.8 Å². The Bertz CT molecular complexity index is 971. The number of hydrogen-bond donors (Lipinski definition) is 1. The number of carboxylic acid groups (broad SMARTS) is 1. The number of thioether (sulfide) groups is 1. The van der Waals surface area contributed by atoms with Crippen molar-refractivity contribution < 1.29 is 19.4 Å². The van der Waals surface area contributed by atoms with Crippen LogP contribution in [0, 0.1) is 0 Å². The Labute approximate surface area is 185 Å². The Morgan fingerprint density at radius 1 is 1.27 bits per heavy atom. The van der Waals surface area contributed by atoms with Crippen molar-refractivity contribution in [2.75, 3.05) is 13.2 Å². The zero-order valence-electron chi connectivity index (χ0n) is 16.2. The molecular weight excluding hydrogens is 418 g/mol. The highest BCUT2D eigenvalue weighted by Crippen LogP contribution is 2.32. The number of benzene rings is 1. The van der Waals surface area contributed by atoms with Gasteiger partial charge in [-0.15, -0.1) is 0 Å². The molecule has 0 unspecified atom stereocenters. The zero-order chi connectivity index (χ0) is 21.3. The van der Waals surface area contributed by atoms with E-state index in [0.717, 1.165) is 40.8 Å². The van der Waals surface area contributed by atoms with Gasteiger partial charge >= 0.3 is 5.97 Å². The second kappa shape index (κ2) is 10.8.